The van der Waals surface area contributed by atoms with Crippen molar-refractivity contribution in [3.05, 3.63) is 47.6 Å². The van der Waals surface area contributed by atoms with Crippen LogP contribution in [-0.2, 0) is 119 Å². The van der Waals surface area contributed by atoms with Gasteiger partial charge >= 0.3 is 0 Å². The zero-order chi connectivity index (χ0) is 106. The third-order valence-corrected chi connectivity index (χ3v) is 21.7. The zero-order valence-corrected chi connectivity index (χ0v) is 83.6. The van der Waals surface area contributed by atoms with Gasteiger partial charge in [-0.05, 0) is 70.6 Å². The molecule has 0 spiro atoms. The molecule has 0 aromatic heterocycles. The van der Waals surface area contributed by atoms with Crippen LogP contribution in [0.1, 0.15) is 122 Å². The first-order chi connectivity index (χ1) is 70.2. The number of aliphatic hydroxyl groups is 13. The molecule has 15 atom stereocenters. The summed E-state index contributed by atoms with van der Waals surface area (Å²) in [5, 5.41) is 162. The number of nitrogens with zero attached hydrogens (tertiary/aromatic N) is 1. The third-order valence-electron chi connectivity index (χ3n) is 21.7. The van der Waals surface area contributed by atoms with E-state index in [9.17, 15) is 94.8 Å². The molecule has 0 aromatic rings. The molecule has 0 bridgehead atoms. The van der Waals surface area contributed by atoms with E-state index in [1.165, 1.54) is 0 Å². The first-order valence-corrected chi connectivity index (χ1v) is 49.8. The maximum Gasteiger partial charge on any atom is 0.222 e. The van der Waals surface area contributed by atoms with Crippen LogP contribution >= 0.6 is 0 Å². The molecule has 9 unspecified atom stereocenters. The molecule has 842 valence electrons. The molecule has 54 nitrogen and oxygen atoms in total. The van der Waals surface area contributed by atoms with Gasteiger partial charge in [0.1, 0.15) is 78.8 Å². The monoisotopic (exact) mass is 2100 g/mol. The molecular formula is C91H170N16O38. The molecule has 145 heavy (non-hydrogen) atoms. The van der Waals surface area contributed by atoms with E-state index >= 15 is 0 Å². The predicted molar refractivity (Wildman–Crippen MR) is 515 cm³/mol. The quantitative estimate of drug-likeness (QED) is 0.0199. The van der Waals surface area contributed by atoms with Crippen LogP contribution in [0.3, 0.4) is 0 Å². The number of amides is 7. The van der Waals surface area contributed by atoms with Gasteiger partial charge in [0.2, 0.25) is 41.4 Å². The van der Waals surface area contributed by atoms with Crippen molar-refractivity contribution in [2.24, 2.45) is 22.3 Å². The lowest BCUT2D eigenvalue weighted by molar-refractivity contribution is -0.302. The van der Waals surface area contributed by atoms with E-state index in [1.807, 2.05) is 0 Å². The maximum absolute atomic E-state index is 14.0. The van der Waals surface area contributed by atoms with Gasteiger partial charge in [-0.2, -0.15) is 5.11 Å². The van der Waals surface area contributed by atoms with Crippen LogP contribution in [0.15, 0.2) is 52.7 Å². The van der Waals surface area contributed by atoms with Crippen molar-refractivity contribution in [1.82, 2.24) is 58.5 Å². The van der Waals surface area contributed by atoms with Crippen molar-refractivity contribution >= 4 is 41.4 Å². The number of nitrogens with one attached hydrogen (secondary N) is 12. The lowest BCUT2D eigenvalue weighted by Crippen LogP contribution is -2.59. The molecular weight excluding hydrogens is 1930 g/mol. The van der Waals surface area contributed by atoms with Crippen molar-refractivity contribution in [3.63, 3.8) is 0 Å². The number of carbonyl (C=O) groups is 7. The summed E-state index contributed by atoms with van der Waals surface area (Å²) in [6.07, 6.45) is -8.38. The molecule has 3 rings (SSSR count). The average molecular weight is 2100 g/mol. The zero-order valence-electron chi connectivity index (χ0n) is 83.6. The highest BCUT2D eigenvalue weighted by Crippen LogP contribution is 2.25. The standard InChI is InChI=1S/C91H170N16O38/c92-65(55-97-27-34-128-37-40-131-43-46-134-49-52-140-88-85(125)82(122)79(119)69(59-109)143-88)11-14-72(112)100-21-6-24-103-75(115)17-31-137-62-91(106-78(118)10-2-1-4-20-96-58-68(107-95)9-3-5-30-108,63-138-32-18-76(116)104-25-7-22-101-73(113)15-12-66(93)56-98-28-35-129-38-41-132-44-47-135-50-53-141-89-86(126)83(123)80(120)70(60-110)144-89)64-139-33-19-77(117)105-26-8-23-102-74(114)16-13-67(94)57-99-29-36-130-39-42-133-45-48-136-51-54-142-90-87(127)84(124)81(121)71(61-111)145-90/h55-58,69-71,79-90,95-99,108-111,119-127H,1-54,59-64,92-94H2,(H,100,112)(H,101,113)(H,102,114)(H,103,115)(H,104,116)(H,105,117)(H,106,118)/b65-55-,66-56-,67-57-,68-58-,107-95?/t69?,70?,71?,79-,80-,81-,82?,83?,84?,85?,86?,87?,88+,89+,90+,91?/m1/s1. The van der Waals surface area contributed by atoms with Gasteiger partial charge in [-0.25, -0.2) is 5.53 Å². The second-order valence-corrected chi connectivity index (χ2v) is 33.8. The second-order valence-electron chi connectivity index (χ2n) is 33.8. The molecule has 3 fully saturated rings. The lowest BCUT2D eigenvalue weighted by atomic mass is 9.99. The molecule has 0 aliphatic carbocycles. The minimum atomic E-state index is -1.54. The Hall–Kier alpha value is -7.79. The number of ether oxygens (including phenoxy) is 18. The van der Waals surface area contributed by atoms with Gasteiger partial charge < -0.3 is 227 Å². The minimum Gasteiger partial charge on any atom is -0.401 e. The number of unbranched alkanes of at least 4 members (excludes halogenated alkanes) is 3. The molecule has 3 heterocycles. The number of hydrogen-bond donors (Lipinski definition) is 28. The third kappa shape index (κ3) is 65.0. The number of nitrogens with two attached hydrogens (primary N) is 3. The Morgan fingerprint density at radius 2 is 0.552 bits per heavy atom. The summed E-state index contributed by atoms with van der Waals surface area (Å²) < 4.78 is 99.9. The van der Waals surface area contributed by atoms with Gasteiger partial charge in [0.15, 0.2) is 18.9 Å². The molecule has 0 radical (unpaired) electrons. The summed E-state index contributed by atoms with van der Waals surface area (Å²) in [7, 11) is 0. The van der Waals surface area contributed by atoms with E-state index in [2.05, 4.69) is 63.6 Å². The Morgan fingerprint density at radius 1 is 0.276 bits per heavy atom. The number of rotatable bonds is 94. The number of carbonyl (C=O) groups excluding carboxylic acids is 7. The van der Waals surface area contributed by atoms with E-state index in [1.54, 1.807) is 24.8 Å². The van der Waals surface area contributed by atoms with Gasteiger partial charge in [0.25, 0.3) is 0 Å². The fourth-order valence-electron chi connectivity index (χ4n) is 13.4. The highest BCUT2D eigenvalue weighted by molar-refractivity contribution is 5.79. The van der Waals surface area contributed by atoms with E-state index in [0.717, 1.165) is 0 Å². The number of hydrogen-bond acceptors (Lipinski definition) is 47. The fraction of sp³-hybridized carbons (Fsp3) is 0.835. The largest absolute Gasteiger partial charge is 0.401 e. The number of aliphatic hydroxyl groups excluding tert-OH is 13. The van der Waals surface area contributed by atoms with E-state index in [-0.39, 0.29) is 270 Å². The molecule has 31 N–H and O–H groups in total. The van der Waals surface area contributed by atoms with Crippen LogP contribution in [0.4, 0.5) is 0 Å². The second kappa shape index (κ2) is 86.0. The van der Waals surface area contributed by atoms with Crippen LogP contribution in [0.5, 0.6) is 0 Å². The van der Waals surface area contributed by atoms with Gasteiger partial charge in [-0.15, -0.1) is 0 Å². The minimum absolute atomic E-state index is 0.0140. The average Bonchev–Trinajstić information content (AvgIpc) is 0.827. The Kier molecular flexibility index (Phi) is 77.9. The molecule has 3 aliphatic heterocycles. The fourth-order valence-corrected chi connectivity index (χ4v) is 13.4. The van der Waals surface area contributed by atoms with Crippen LogP contribution in [0.2, 0.25) is 0 Å². The molecule has 54 heteroatoms. The molecule has 3 aliphatic rings. The summed E-state index contributed by atoms with van der Waals surface area (Å²) in [5.74, 6) is -2.21. The Bertz CT molecular complexity index is 3190. The van der Waals surface area contributed by atoms with Crippen molar-refractivity contribution in [3.8, 4) is 0 Å². The SMILES string of the molecule is N=N/C(=C\NCCCCCC(=O)NC(COCCC(=O)NCCCNC(=O)CC/C(N)=C/NCCOCCOCCOCCO[C@H]1OC(CO)[C@@H](O)C(O)C1O)(COCCC(=O)NCCCNC(=O)CC/C(N)=C/NCCOCCOCCOCCO[C@H]1OC(CO)[C@@H](O)C(O)C1O)COCCC(=O)NCCCNC(=O)CC/C(N)=C/NCCOCCOCCOCCO[C@H]1OC(CO)[C@@H](O)C(O)C1O)CCCCO. The highest BCUT2D eigenvalue weighted by Gasteiger charge is 2.47. The summed E-state index contributed by atoms with van der Waals surface area (Å²) in [4.78, 5) is 91.6. The summed E-state index contributed by atoms with van der Waals surface area (Å²) >= 11 is 0. The molecule has 0 saturated carbocycles. The summed E-state index contributed by atoms with van der Waals surface area (Å²) in [5.41, 5.74) is 26.3. The molecule has 0 aromatic carbocycles. The van der Waals surface area contributed by atoms with Crippen molar-refractivity contribution in [2.75, 3.05) is 270 Å². The summed E-state index contributed by atoms with van der Waals surface area (Å²) in [6.45, 7) is 5.44. The maximum atomic E-state index is 14.0. The molecule has 7 amide bonds. The van der Waals surface area contributed by atoms with Gasteiger partial charge in [0, 0.05) is 159 Å². The van der Waals surface area contributed by atoms with Gasteiger partial charge in [-0.1, -0.05) is 6.42 Å². The van der Waals surface area contributed by atoms with Crippen molar-refractivity contribution < 1.29 is 185 Å². The Labute approximate surface area is 847 Å². The first kappa shape index (κ1) is 131. The first-order valence-electron chi connectivity index (χ1n) is 49.8. The Balaban J connectivity index is 1.46. The summed E-state index contributed by atoms with van der Waals surface area (Å²) in [6, 6.07) is 0. The van der Waals surface area contributed by atoms with Crippen molar-refractivity contribution in [2.45, 2.75) is 220 Å². The Morgan fingerprint density at radius 3 is 0.841 bits per heavy atom. The predicted octanol–water partition coefficient (Wildman–Crippen LogP) is -8.78. The van der Waals surface area contributed by atoms with E-state index in [4.69, 9.17) is 113 Å². The molecule has 3 saturated heterocycles. The number of allylic oxidation sites excluding steroid dienone is 4. The van der Waals surface area contributed by atoms with E-state index < -0.39 is 117 Å². The van der Waals surface area contributed by atoms with Crippen LogP contribution in [0.25, 0.3) is 0 Å². The normalized spacial score (nSPS) is 21.9. The van der Waals surface area contributed by atoms with Gasteiger partial charge in [-0.3, -0.25) is 33.6 Å². The highest BCUT2D eigenvalue weighted by atomic mass is 16.7. The lowest BCUT2D eigenvalue weighted by Gasteiger charge is -2.39. The van der Waals surface area contributed by atoms with Gasteiger partial charge in [0.05, 0.1) is 204 Å². The van der Waals surface area contributed by atoms with E-state index in [0.29, 0.717) is 166 Å². The van der Waals surface area contributed by atoms with Crippen LogP contribution in [0, 0.1) is 5.53 Å². The van der Waals surface area contributed by atoms with Crippen molar-refractivity contribution in [1.29, 1.82) is 5.53 Å². The van der Waals surface area contributed by atoms with Crippen LogP contribution < -0.4 is 75.7 Å². The topological polar surface area (TPSA) is 795 Å². The smallest absolute Gasteiger partial charge is 0.222 e. The van der Waals surface area contributed by atoms with Crippen LogP contribution in [-0.4, -0.2) is 476 Å².